The van der Waals surface area contributed by atoms with E-state index in [2.05, 4.69) is 21.9 Å². The summed E-state index contributed by atoms with van der Waals surface area (Å²) in [5.41, 5.74) is -0.310. The van der Waals surface area contributed by atoms with E-state index < -0.39 is 23.8 Å². The van der Waals surface area contributed by atoms with Crippen LogP contribution in [0.2, 0.25) is 0 Å². The number of hydrogen-bond acceptors (Lipinski definition) is 4. The van der Waals surface area contributed by atoms with Gasteiger partial charge in [-0.3, -0.25) is 4.79 Å². The summed E-state index contributed by atoms with van der Waals surface area (Å²) in [4.78, 5) is 20.5. The summed E-state index contributed by atoms with van der Waals surface area (Å²) in [7, 11) is 0. The summed E-state index contributed by atoms with van der Waals surface area (Å²) in [6, 6.07) is 4.67. The minimum atomic E-state index is -2.90. The first-order valence-electron chi connectivity index (χ1n) is 8.71. The van der Waals surface area contributed by atoms with Crippen LogP contribution in [0.1, 0.15) is 36.9 Å². The second kappa shape index (κ2) is 8.24. The van der Waals surface area contributed by atoms with Crippen LogP contribution in [0.4, 0.5) is 19.0 Å². The molecule has 1 N–H and O–H groups in total. The van der Waals surface area contributed by atoms with Gasteiger partial charge in [-0.15, -0.1) is 6.58 Å². The molecule has 2 heterocycles. The fourth-order valence-corrected chi connectivity index (χ4v) is 2.95. The fraction of sp³-hybridized carbons (Fsp3) is 0.250. The van der Waals surface area contributed by atoms with Crippen molar-refractivity contribution in [3.05, 3.63) is 76.7 Å². The molecule has 0 aliphatic carbocycles. The SMILES string of the molecule is C=CCCn1cc2c(N[C@H](C)c3cccc(C(F)F)c3F)ncnc2cc1=O. The van der Waals surface area contributed by atoms with Crippen LogP contribution in [0.5, 0.6) is 0 Å². The molecule has 1 atom stereocenters. The zero-order valence-electron chi connectivity index (χ0n) is 15.2. The smallest absolute Gasteiger partial charge is 0.266 e. The Morgan fingerprint density at radius 2 is 2.04 bits per heavy atom. The predicted octanol–water partition coefficient (Wildman–Crippen LogP) is 4.62. The molecule has 0 aliphatic heterocycles. The Hall–Kier alpha value is -3.16. The number of benzene rings is 1. The fourth-order valence-electron chi connectivity index (χ4n) is 2.95. The molecule has 146 valence electrons. The third-order valence-electron chi connectivity index (χ3n) is 4.43. The predicted molar refractivity (Wildman–Crippen MR) is 102 cm³/mol. The van der Waals surface area contributed by atoms with Crippen LogP contribution in [0, 0.1) is 5.82 Å². The van der Waals surface area contributed by atoms with E-state index in [0.29, 0.717) is 29.7 Å². The van der Waals surface area contributed by atoms with Crippen molar-refractivity contribution in [2.75, 3.05) is 5.32 Å². The summed E-state index contributed by atoms with van der Waals surface area (Å²) in [6.07, 6.45) is 2.34. The van der Waals surface area contributed by atoms with Crippen LogP contribution in [0.25, 0.3) is 10.9 Å². The molecule has 5 nitrogen and oxygen atoms in total. The number of alkyl halides is 2. The number of aromatic nitrogens is 3. The monoisotopic (exact) mass is 388 g/mol. The number of nitrogens with one attached hydrogen (secondary N) is 1. The standard InChI is InChI=1S/C20H19F3N4O/c1-3-4-8-27-10-15-16(9-17(27)28)24-11-25-20(15)26-12(2)13-6-5-7-14(18(13)21)19(22)23/h3,5-7,9-12,19H,1,4,8H2,2H3,(H,24,25,26)/t12-/m1/s1. The molecule has 0 fully saturated rings. The van der Waals surface area contributed by atoms with Gasteiger partial charge in [0.2, 0.25) is 0 Å². The van der Waals surface area contributed by atoms with Gasteiger partial charge in [-0.1, -0.05) is 24.3 Å². The summed E-state index contributed by atoms with van der Waals surface area (Å²) in [5, 5.41) is 3.61. The molecule has 8 heteroatoms. The van der Waals surface area contributed by atoms with Gasteiger partial charge in [-0.05, 0) is 13.3 Å². The lowest BCUT2D eigenvalue weighted by Crippen LogP contribution is -2.19. The van der Waals surface area contributed by atoms with Crippen molar-refractivity contribution in [2.24, 2.45) is 0 Å². The van der Waals surface area contributed by atoms with Gasteiger partial charge in [0.1, 0.15) is 18.0 Å². The number of aryl methyl sites for hydroxylation is 1. The van der Waals surface area contributed by atoms with Crippen LogP contribution in [0.15, 0.2) is 54.2 Å². The van der Waals surface area contributed by atoms with Crippen molar-refractivity contribution in [1.29, 1.82) is 0 Å². The van der Waals surface area contributed by atoms with Gasteiger partial charge in [-0.25, -0.2) is 23.1 Å². The van der Waals surface area contributed by atoms with E-state index in [1.807, 2.05) is 0 Å². The Bertz CT molecular complexity index is 1060. The number of halogens is 3. The van der Waals surface area contributed by atoms with Crippen LogP contribution < -0.4 is 10.9 Å². The van der Waals surface area contributed by atoms with Crippen molar-refractivity contribution in [2.45, 2.75) is 32.4 Å². The number of hydrogen-bond donors (Lipinski definition) is 1. The van der Waals surface area contributed by atoms with Gasteiger partial charge in [-0.2, -0.15) is 0 Å². The molecular weight excluding hydrogens is 369 g/mol. The van der Waals surface area contributed by atoms with Crippen LogP contribution in [-0.2, 0) is 6.54 Å². The van der Waals surface area contributed by atoms with Crippen molar-refractivity contribution in [3.8, 4) is 0 Å². The third kappa shape index (κ3) is 3.90. The molecule has 0 aliphatic rings. The zero-order chi connectivity index (χ0) is 20.3. The highest BCUT2D eigenvalue weighted by Gasteiger charge is 2.20. The molecule has 1 aromatic carbocycles. The van der Waals surface area contributed by atoms with Gasteiger partial charge in [0.15, 0.2) is 0 Å². The number of pyridine rings is 1. The summed E-state index contributed by atoms with van der Waals surface area (Å²) >= 11 is 0. The van der Waals surface area contributed by atoms with Gasteiger partial charge in [0.25, 0.3) is 12.0 Å². The first-order valence-corrected chi connectivity index (χ1v) is 8.71. The third-order valence-corrected chi connectivity index (χ3v) is 4.43. The molecule has 0 amide bonds. The van der Waals surface area contributed by atoms with Gasteiger partial charge < -0.3 is 9.88 Å². The molecule has 28 heavy (non-hydrogen) atoms. The first kappa shape index (κ1) is 19.6. The Morgan fingerprint density at radius 1 is 1.29 bits per heavy atom. The first-order chi connectivity index (χ1) is 13.4. The minimum Gasteiger partial charge on any atom is -0.363 e. The number of nitrogens with zero attached hydrogens (tertiary/aromatic N) is 3. The number of rotatable bonds is 7. The highest BCUT2D eigenvalue weighted by Crippen LogP contribution is 2.29. The lowest BCUT2D eigenvalue weighted by atomic mass is 10.0. The average Bonchev–Trinajstić information content (AvgIpc) is 2.66. The normalized spacial score (nSPS) is 12.3. The molecule has 0 radical (unpaired) electrons. The van der Waals surface area contributed by atoms with Gasteiger partial charge >= 0.3 is 0 Å². The molecular formula is C20H19F3N4O. The molecule has 0 saturated carbocycles. The lowest BCUT2D eigenvalue weighted by molar-refractivity contribution is 0.146. The van der Waals surface area contributed by atoms with E-state index in [1.54, 1.807) is 19.2 Å². The molecule has 0 bridgehead atoms. The average molecular weight is 388 g/mol. The van der Waals surface area contributed by atoms with E-state index in [0.717, 1.165) is 6.07 Å². The molecule has 2 aromatic heterocycles. The van der Waals surface area contributed by atoms with E-state index in [9.17, 15) is 18.0 Å². The summed E-state index contributed by atoms with van der Waals surface area (Å²) in [5.74, 6) is -0.564. The number of allylic oxidation sites excluding steroid dienone is 1. The highest BCUT2D eigenvalue weighted by molar-refractivity contribution is 5.88. The van der Waals surface area contributed by atoms with E-state index in [4.69, 9.17) is 0 Å². The van der Waals surface area contributed by atoms with Crippen molar-refractivity contribution < 1.29 is 13.2 Å². The lowest BCUT2D eigenvalue weighted by Gasteiger charge is -2.18. The molecule has 0 saturated heterocycles. The maximum Gasteiger partial charge on any atom is 0.266 e. The molecule has 0 spiro atoms. The van der Waals surface area contributed by atoms with Crippen molar-refractivity contribution in [3.63, 3.8) is 0 Å². The van der Waals surface area contributed by atoms with Crippen LogP contribution in [-0.4, -0.2) is 14.5 Å². The quantitative estimate of drug-likeness (QED) is 0.600. The topological polar surface area (TPSA) is 59.8 Å². The van der Waals surface area contributed by atoms with Crippen LogP contribution in [0.3, 0.4) is 0 Å². The van der Waals surface area contributed by atoms with Crippen molar-refractivity contribution >= 4 is 16.7 Å². The Kier molecular flexibility index (Phi) is 5.77. The summed E-state index contributed by atoms with van der Waals surface area (Å²) in [6.45, 7) is 5.74. The van der Waals surface area contributed by atoms with E-state index in [1.165, 1.54) is 29.1 Å². The Morgan fingerprint density at radius 3 is 2.75 bits per heavy atom. The molecule has 3 aromatic rings. The number of fused-ring (bicyclic) bond motifs is 1. The second-order valence-electron chi connectivity index (χ2n) is 6.32. The largest absolute Gasteiger partial charge is 0.363 e. The Labute approximate surface area is 159 Å². The molecule has 0 unspecified atom stereocenters. The minimum absolute atomic E-state index is 0.101. The second-order valence-corrected chi connectivity index (χ2v) is 6.32. The summed E-state index contributed by atoms with van der Waals surface area (Å²) < 4.78 is 41.9. The Balaban J connectivity index is 1.99. The zero-order valence-corrected chi connectivity index (χ0v) is 15.2. The van der Waals surface area contributed by atoms with Crippen LogP contribution >= 0.6 is 0 Å². The van der Waals surface area contributed by atoms with E-state index in [-0.39, 0.29) is 11.1 Å². The van der Waals surface area contributed by atoms with Gasteiger partial charge in [0, 0.05) is 24.4 Å². The van der Waals surface area contributed by atoms with Gasteiger partial charge in [0.05, 0.1) is 22.5 Å². The maximum absolute atomic E-state index is 14.4. The highest BCUT2D eigenvalue weighted by atomic mass is 19.3. The van der Waals surface area contributed by atoms with Crippen molar-refractivity contribution in [1.82, 2.24) is 14.5 Å². The van der Waals surface area contributed by atoms with E-state index >= 15 is 0 Å². The molecule has 3 rings (SSSR count). The maximum atomic E-state index is 14.4. The number of anilines is 1.